The molecule has 0 amide bonds. The normalized spacial score (nSPS) is 11.1. The Morgan fingerprint density at radius 3 is 2.29 bits per heavy atom. The third-order valence-corrected chi connectivity index (χ3v) is 4.20. The molecule has 0 atom stereocenters. The lowest BCUT2D eigenvalue weighted by atomic mass is 10.2. The van der Waals surface area contributed by atoms with E-state index in [1.54, 1.807) is 12.1 Å². The Kier molecular flexibility index (Phi) is 4.35. The number of carbonyl (C=O) groups is 1. The zero-order valence-corrected chi connectivity index (χ0v) is 12.3. The van der Waals surface area contributed by atoms with E-state index in [1.165, 1.54) is 44.4 Å². The molecule has 0 unspecified atom stereocenters. The van der Waals surface area contributed by atoms with E-state index in [0.717, 1.165) is 0 Å². The highest BCUT2D eigenvalue weighted by Gasteiger charge is 2.11. The Morgan fingerprint density at radius 2 is 1.81 bits per heavy atom. The zero-order valence-electron chi connectivity index (χ0n) is 11.5. The van der Waals surface area contributed by atoms with E-state index in [-0.39, 0.29) is 10.7 Å². The van der Waals surface area contributed by atoms with Gasteiger partial charge in [-0.3, -0.25) is 4.79 Å². The Morgan fingerprint density at radius 1 is 1.14 bits per heavy atom. The van der Waals surface area contributed by atoms with Crippen LogP contribution in [-0.4, -0.2) is 26.2 Å². The van der Waals surface area contributed by atoms with Crippen LogP contribution >= 0.6 is 0 Å². The topological polar surface area (TPSA) is 85.4 Å². The van der Waals surface area contributed by atoms with Crippen molar-refractivity contribution >= 4 is 15.8 Å². The number of ether oxygens (including phenoxy) is 1. The number of pyridine rings is 1. The first-order valence-electron chi connectivity index (χ1n) is 6.11. The number of hydrogen-bond donors (Lipinski definition) is 1. The number of hydrogen-bond acceptors (Lipinski definition) is 5. The highest BCUT2D eigenvalue weighted by molar-refractivity contribution is 7.89. The smallest absolute Gasteiger partial charge is 0.240 e. The van der Waals surface area contributed by atoms with Gasteiger partial charge in [-0.25, -0.2) is 18.1 Å². The highest BCUT2D eigenvalue weighted by atomic mass is 32.2. The zero-order chi connectivity index (χ0) is 15.5. The molecule has 1 heterocycles. The number of rotatable bonds is 5. The fourth-order valence-electron chi connectivity index (χ4n) is 1.57. The van der Waals surface area contributed by atoms with Crippen LogP contribution in [-0.2, 0) is 10.0 Å². The predicted octanol–water partition coefficient (Wildman–Crippen LogP) is 1.98. The van der Waals surface area contributed by atoms with Crippen LogP contribution in [0.2, 0.25) is 0 Å². The summed E-state index contributed by atoms with van der Waals surface area (Å²) >= 11 is 0. The summed E-state index contributed by atoms with van der Waals surface area (Å²) in [5.41, 5.74) is 0.498. The van der Waals surface area contributed by atoms with Crippen molar-refractivity contribution < 1.29 is 17.9 Å². The molecule has 1 N–H and O–H groups in total. The first-order valence-corrected chi connectivity index (χ1v) is 7.59. The third-order valence-electron chi connectivity index (χ3n) is 2.77. The minimum absolute atomic E-state index is 0.0734. The van der Waals surface area contributed by atoms with Crippen molar-refractivity contribution in [3.8, 4) is 11.6 Å². The second-order valence-corrected chi connectivity index (χ2v) is 6.11. The molecule has 0 fully saturated rings. The number of Topliss-reactive ketones (excluding diaryl/α,β-unsaturated/α-hetero) is 1. The molecule has 0 saturated heterocycles. The van der Waals surface area contributed by atoms with Crippen LogP contribution in [0.5, 0.6) is 11.6 Å². The van der Waals surface area contributed by atoms with Gasteiger partial charge >= 0.3 is 0 Å². The van der Waals surface area contributed by atoms with Gasteiger partial charge in [-0.1, -0.05) is 0 Å². The minimum Gasteiger partial charge on any atom is -0.439 e. The molecule has 0 bridgehead atoms. The van der Waals surface area contributed by atoms with Gasteiger partial charge in [-0.2, -0.15) is 0 Å². The third kappa shape index (κ3) is 3.65. The van der Waals surface area contributed by atoms with Crippen LogP contribution < -0.4 is 9.46 Å². The molecule has 0 aliphatic heterocycles. The average Bonchev–Trinajstić information content (AvgIpc) is 2.48. The molecule has 0 aliphatic carbocycles. The van der Waals surface area contributed by atoms with Crippen LogP contribution in [0.25, 0.3) is 0 Å². The van der Waals surface area contributed by atoms with Crippen molar-refractivity contribution in [2.45, 2.75) is 11.8 Å². The molecule has 7 heteroatoms. The molecule has 2 aromatic rings. The molecule has 110 valence electrons. The summed E-state index contributed by atoms with van der Waals surface area (Å²) in [6.45, 7) is 1.46. The molecule has 1 aromatic heterocycles. The second-order valence-electron chi connectivity index (χ2n) is 4.22. The summed E-state index contributed by atoms with van der Waals surface area (Å²) in [6, 6.07) is 9.13. The van der Waals surface area contributed by atoms with Gasteiger partial charge in [0.25, 0.3) is 0 Å². The van der Waals surface area contributed by atoms with E-state index < -0.39 is 10.0 Å². The number of aromatic nitrogens is 1. The molecule has 0 radical (unpaired) electrons. The fraction of sp³-hybridized carbons (Fsp3) is 0.143. The van der Waals surface area contributed by atoms with Crippen LogP contribution in [0.1, 0.15) is 17.3 Å². The van der Waals surface area contributed by atoms with E-state index in [1.807, 2.05) is 0 Å². The summed E-state index contributed by atoms with van der Waals surface area (Å²) < 4.78 is 30.9. The van der Waals surface area contributed by atoms with Gasteiger partial charge < -0.3 is 4.74 Å². The lowest BCUT2D eigenvalue weighted by molar-refractivity contribution is 0.101. The number of carbonyl (C=O) groups excluding carboxylic acids is 1. The van der Waals surface area contributed by atoms with Crippen molar-refractivity contribution in [3.05, 3.63) is 48.2 Å². The van der Waals surface area contributed by atoms with Crippen molar-refractivity contribution in [2.75, 3.05) is 7.05 Å². The number of nitrogens with one attached hydrogen (secondary N) is 1. The quantitative estimate of drug-likeness (QED) is 0.854. The number of benzene rings is 1. The van der Waals surface area contributed by atoms with Crippen molar-refractivity contribution in [2.24, 2.45) is 0 Å². The number of nitrogens with zero attached hydrogens (tertiary/aromatic N) is 1. The van der Waals surface area contributed by atoms with E-state index in [9.17, 15) is 13.2 Å². The SMILES string of the molecule is CNS(=O)(=O)c1ccc(Oc2ccc(C(C)=O)cn2)cc1. The number of ketones is 1. The second kappa shape index (κ2) is 6.02. The Balaban J connectivity index is 2.15. The Labute approximate surface area is 122 Å². The van der Waals surface area contributed by atoms with Crippen molar-refractivity contribution in [1.29, 1.82) is 0 Å². The Hall–Kier alpha value is -2.25. The molecular formula is C14H14N2O4S. The maximum atomic E-state index is 11.6. The molecular weight excluding hydrogens is 292 g/mol. The van der Waals surface area contributed by atoms with Crippen LogP contribution in [0.15, 0.2) is 47.5 Å². The van der Waals surface area contributed by atoms with Gasteiger partial charge in [-0.05, 0) is 44.3 Å². The van der Waals surface area contributed by atoms with Crippen LogP contribution in [0.3, 0.4) is 0 Å². The van der Waals surface area contributed by atoms with Gasteiger partial charge in [0.15, 0.2) is 5.78 Å². The van der Waals surface area contributed by atoms with Gasteiger partial charge in [0.05, 0.1) is 4.90 Å². The molecule has 2 rings (SSSR count). The molecule has 0 saturated carbocycles. The lowest BCUT2D eigenvalue weighted by Crippen LogP contribution is -2.18. The van der Waals surface area contributed by atoms with Gasteiger partial charge in [0.2, 0.25) is 15.9 Å². The summed E-state index contributed by atoms with van der Waals surface area (Å²) in [7, 11) is -2.11. The van der Waals surface area contributed by atoms with E-state index in [0.29, 0.717) is 17.2 Å². The lowest BCUT2D eigenvalue weighted by Gasteiger charge is -2.06. The molecule has 0 spiro atoms. The maximum absolute atomic E-state index is 11.6. The largest absolute Gasteiger partial charge is 0.439 e. The maximum Gasteiger partial charge on any atom is 0.240 e. The Bertz CT molecular complexity index is 738. The van der Waals surface area contributed by atoms with E-state index in [2.05, 4.69) is 9.71 Å². The summed E-state index contributed by atoms with van der Waals surface area (Å²) in [5, 5.41) is 0. The first kappa shape index (κ1) is 15.1. The van der Waals surface area contributed by atoms with Crippen molar-refractivity contribution in [3.63, 3.8) is 0 Å². The molecule has 6 nitrogen and oxygen atoms in total. The molecule has 0 aliphatic rings. The highest BCUT2D eigenvalue weighted by Crippen LogP contribution is 2.21. The van der Waals surface area contributed by atoms with Gasteiger partial charge in [-0.15, -0.1) is 0 Å². The fourth-order valence-corrected chi connectivity index (χ4v) is 2.30. The monoisotopic (exact) mass is 306 g/mol. The standard InChI is InChI=1S/C14H14N2O4S/c1-10(17)11-3-8-14(16-9-11)20-12-4-6-13(7-5-12)21(18,19)15-2/h3-9,15H,1-2H3. The van der Waals surface area contributed by atoms with Crippen LogP contribution in [0.4, 0.5) is 0 Å². The van der Waals surface area contributed by atoms with Crippen molar-refractivity contribution in [1.82, 2.24) is 9.71 Å². The van der Waals surface area contributed by atoms with E-state index >= 15 is 0 Å². The first-order chi connectivity index (χ1) is 9.92. The average molecular weight is 306 g/mol. The van der Waals surface area contributed by atoms with E-state index in [4.69, 9.17) is 4.74 Å². The minimum atomic E-state index is -3.46. The summed E-state index contributed by atoms with van der Waals surface area (Å²) in [6.07, 6.45) is 1.43. The summed E-state index contributed by atoms with van der Waals surface area (Å²) in [5.74, 6) is 0.702. The van der Waals surface area contributed by atoms with Crippen LogP contribution in [0, 0.1) is 0 Å². The van der Waals surface area contributed by atoms with Gasteiger partial charge in [0.1, 0.15) is 5.75 Å². The van der Waals surface area contributed by atoms with Gasteiger partial charge in [0, 0.05) is 17.8 Å². The summed E-state index contributed by atoms with van der Waals surface area (Å²) in [4.78, 5) is 15.3. The number of sulfonamides is 1. The molecule has 21 heavy (non-hydrogen) atoms. The predicted molar refractivity (Wildman–Crippen MR) is 77.0 cm³/mol. The molecule has 1 aromatic carbocycles.